The maximum atomic E-state index is 4.44. The molecule has 1 atom stereocenters. The number of benzene rings is 1. The van der Waals surface area contributed by atoms with Crippen LogP contribution in [0.4, 0.5) is 0 Å². The Bertz CT molecular complexity index is 460. The van der Waals surface area contributed by atoms with E-state index in [1.54, 1.807) is 0 Å². The quantitative estimate of drug-likeness (QED) is 0.845. The number of hydrogen-bond donors (Lipinski definition) is 1. The van der Waals surface area contributed by atoms with Gasteiger partial charge < -0.3 is 5.32 Å². The van der Waals surface area contributed by atoms with E-state index in [0.717, 1.165) is 18.5 Å². The molecule has 0 radical (unpaired) electrons. The molecule has 0 aliphatic heterocycles. The first-order valence-electron chi connectivity index (χ1n) is 5.87. The lowest BCUT2D eigenvalue weighted by Gasteiger charge is -2.12. The molecule has 84 valence electrons. The second kappa shape index (κ2) is 5.08. The average Bonchev–Trinajstić information content (AvgIpc) is 2.35. The largest absolute Gasteiger partial charge is 0.310 e. The highest BCUT2D eigenvalue weighted by Gasteiger charge is 2.02. The molecule has 16 heavy (non-hydrogen) atoms. The zero-order chi connectivity index (χ0) is 11.4. The topological polar surface area (TPSA) is 24.9 Å². The van der Waals surface area contributed by atoms with E-state index in [0.29, 0.717) is 6.04 Å². The van der Waals surface area contributed by atoms with Crippen molar-refractivity contribution >= 4 is 10.9 Å². The Morgan fingerprint density at radius 2 is 2.06 bits per heavy atom. The van der Waals surface area contributed by atoms with Crippen molar-refractivity contribution < 1.29 is 0 Å². The van der Waals surface area contributed by atoms with E-state index >= 15 is 0 Å². The van der Waals surface area contributed by atoms with Crippen LogP contribution in [0.5, 0.6) is 0 Å². The summed E-state index contributed by atoms with van der Waals surface area (Å²) in [5.74, 6) is 0. The molecule has 1 N–H and O–H groups in total. The number of rotatable bonds is 4. The molecule has 2 heteroatoms. The highest BCUT2D eigenvalue weighted by molar-refractivity contribution is 5.81. The minimum Gasteiger partial charge on any atom is -0.310 e. The van der Waals surface area contributed by atoms with Crippen molar-refractivity contribution in [2.45, 2.75) is 32.9 Å². The zero-order valence-corrected chi connectivity index (χ0v) is 9.90. The van der Waals surface area contributed by atoms with Gasteiger partial charge in [-0.3, -0.25) is 4.98 Å². The van der Waals surface area contributed by atoms with Crippen LogP contribution < -0.4 is 5.32 Å². The Labute approximate surface area is 96.7 Å². The number of nitrogens with zero attached hydrogens (tertiary/aromatic N) is 1. The van der Waals surface area contributed by atoms with Crippen LogP contribution in [0, 0.1) is 0 Å². The van der Waals surface area contributed by atoms with E-state index in [-0.39, 0.29) is 0 Å². The van der Waals surface area contributed by atoms with Crippen LogP contribution in [0.15, 0.2) is 36.5 Å². The molecule has 0 amide bonds. The third-order valence-corrected chi connectivity index (χ3v) is 2.97. The summed E-state index contributed by atoms with van der Waals surface area (Å²) in [6.45, 7) is 5.29. The average molecular weight is 214 g/mol. The minimum atomic E-state index is 0.555. The molecule has 0 saturated carbocycles. The van der Waals surface area contributed by atoms with Crippen molar-refractivity contribution in [3.8, 4) is 0 Å². The van der Waals surface area contributed by atoms with Gasteiger partial charge in [0.25, 0.3) is 0 Å². The predicted octanol–water partition coefficient (Wildman–Crippen LogP) is 3.12. The van der Waals surface area contributed by atoms with Gasteiger partial charge in [-0.05, 0) is 25.0 Å². The Balaban J connectivity index is 2.23. The first-order valence-corrected chi connectivity index (χ1v) is 5.87. The van der Waals surface area contributed by atoms with Gasteiger partial charge in [-0.2, -0.15) is 0 Å². The van der Waals surface area contributed by atoms with Crippen LogP contribution in [0.1, 0.15) is 25.8 Å². The lowest BCUT2D eigenvalue weighted by atomic mass is 10.1. The van der Waals surface area contributed by atoms with E-state index in [2.05, 4.69) is 48.4 Å². The van der Waals surface area contributed by atoms with Crippen molar-refractivity contribution in [3.05, 3.63) is 42.1 Å². The van der Waals surface area contributed by atoms with Gasteiger partial charge in [-0.15, -0.1) is 0 Å². The molecule has 2 aromatic rings. The number of hydrogen-bond acceptors (Lipinski definition) is 2. The third-order valence-electron chi connectivity index (χ3n) is 2.97. The molecule has 1 heterocycles. The van der Waals surface area contributed by atoms with Gasteiger partial charge in [0.1, 0.15) is 0 Å². The molecule has 2 rings (SSSR count). The minimum absolute atomic E-state index is 0.555. The van der Waals surface area contributed by atoms with Crippen LogP contribution in [0.25, 0.3) is 10.9 Å². The highest BCUT2D eigenvalue weighted by Crippen LogP contribution is 2.15. The maximum Gasteiger partial charge on any atom is 0.0746 e. The SMILES string of the molecule is CCC(C)NCc1cccc2cccnc12. The summed E-state index contributed by atoms with van der Waals surface area (Å²) >= 11 is 0. The number of fused-ring (bicyclic) bond motifs is 1. The normalized spacial score (nSPS) is 12.9. The van der Waals surface area contributed by atoms with Crippen molar-refractivity contribution in [1.29, 1.82) is 0 Å². The van der Waals surface area contributed by atoms with Gasteiger partial charge in [-0.1, -0.05) is 31.2 Å². The summed E-state index contributed by atoms with van der Waals surface area (Å²) < 4.78 is 0. The van der Waals surface area contributed by atoms with Gasteiger partial charge in [-0.25, -0.2) is 0 Å². The van der Waals surface area contributed by atoms with E-state index in [1.165, 1.54) is 10.9 Å². The summed E-state index contributed by atoms with van der Waals surface area (Å²) in [5.41, 5.74) is 2.39. The van der Waals surface area contributed by atoms with Gasteiger partial charge in [0.2, 0.25) is 0 Å². The summed E-state index contributed by atoms with van der Waals surface area (Å²) in [7, 11) is 0. The molecule has 0 aliphatic rings. The van der Waals surface area contributed by atoms with Crippen LogP contribution in [-0.4, -0.2) is 11.0 Å². The second-order valence-corrected chi connectivity index (χ2v) is 4.18. The summed E-state index contributed by atoms with van der Waals surface area (Å²) in [4.78, 5) is 4.44. The van der Waals surface area contributed by atoms with E-state index in [4.69, 9.17) is 0 Å². The fraction of sp³-hybridized carbons (Fsp3) is 0.357. The van der Waals surface area contributed by atoms with Gasteiger partial charge in [0, 0.05) is 24.2 Å². The molecule has 0 saturated heterocycles. The predicted molar refractivity (Wildman–Crippen MR) is 68.3 cm³/mol. The fourth-order valence-electron chi connectivity index (χ4n) is 1.74. The number of aromatic nitrogens is 1. The molecule has 1 aromatic heterocycles. The molecule has 0 fully saturated rings. The molecule has 1 aromatic carbocycles. The molecule has 0 bridgehead atoms. The van der Waals surface area contributed by atoms with Crippen LogP contribution >= 0.6 is 0 Å². The molecule has 1 unspecified atom stereocenters. The van der Waals surface area contributed by atoms with Gasteiger partial charge in [0.15, 0.2) is 0 Å². The van der Waals surface area contributed by atoms with E-state index < -0.39 is 0 Å². The van der Waals surface area contributed by atoms with Crippen molar-refractivity contribution in [2.24, 2.45) is 0 Å². The van der Waals surface area contributed by atoms with E-state index in [1.807, 2.05) is 12.3 Å². The number of nitrogens with one attached hydrogen (secondary N) is 1. The molecule has 2 nitrogen and oxygen atoms in total. The Kier molecular flexibility index (Phi) is 3.52. The van der Waals surface area contributed by atoms with Crippen LogP contribution in [0.2, 0.25) is 0 Å². The molecular formula is C14H18N2. The fourth-order valence-corrected chi connectivity index (χ4v) is 1.74. The Morgan fingerprint density at radius 3 is 2.88 bits per heavy atom. The maximum absolute atomic E-state index is 4.44. The summed E-state index contributed by atoms with van der Waals surface area (Å²) in [5, 5.41) is 4.71. The second-order valence-electron chi connectivity index (χ2n) is 4.18. The lowest BCUT2D eigenvalue weighted by Crippen LogP contribution is -2.24. The highest BCUT2D eigenvalue weighted by atomic mass is 14.9. The van der Waals surface area contributed by atoms with Crippen molar-refractivity contribution in [3.63, 3.8) is 0 Å². The monoisotopic (exact) mass is 214 g/mol. The van der Waals surface area contributed by atoms with Gasteiger partial charge >= 0.3 is 0 Å². The first-order chi connectivity index (χ1) is 7.81. The lowest BCUT2D eigenvalue weighted by molar-refractivity contribution is 0.535. The summed E-state index contributed by atoms with van der Waals surface area (Å²) in [6.07, 6.45) is 3.01. The Morgan fingerprint density at radius 1 is 1.25 bits per heavy atom. The van der Waals surface area contributed by atoms with Crippen molar-refractivity contribution in [1.82, 2.24) is 10.3 Å². The number of pyridine rings is 1. The smallest absolute Gasteiger partial charge is 0.0746 e. The molecule has 0 spiro atoms. The molecule has 0 aliphatic carbocycles. The standard InChI is InChI=1S/C14H18N2/c1-3-11(2)16-10-13-7-4-6-12-8-5-9-15-14(12)13/h4-9,11,16H,3,10H2,1-2H3. The van der Waals surface area contributed by atoms with Crippen LogP contribution in [0.3, 0.4) is 0 Å². The zero-order valence-electron chi connectivity index (χ0n) is 9.90. The van der Waals surface area contributed by atoms with Gasteiger partial charge in [0.05, 0.1) is 5.52 Å². The van der Waals surface area contributed by atoms with Crippen molar-refractivity contribution in [2.75, 3.05) is 0 Å². The van der Waals surface area contributed by atoms with Crippen LogP contribution in [-0.2, 0) is 6.54 Å². The summed E-state index contributed by atoms with van der Waals surface area (Å²) in [6, 6.07) is 11.0. The third kappa shape index (κ3) is 2.39. The first kappa shape index (κ1) is 11.1. The van der Waals surface area contributed by atoms with E-state index in [9.17, 15) is 0 Å². The Hall–Kier alpha value is -1.41. The number of para-hydroxylation sites is 1. The molecular weight excluding hydrogens is 196 g/mol.